The highest BCUT2D eigenvalue weighted by Crippen LogP contribution is 2.24. The summed E-state index contributed by atoms with van der Waals surface area (Å²) in [5.74, 6) is -0.713. The fourth-order valence-corrected chi connectivity index (χ4v) is 2.70. The number of nitrogens with one attached hydrogen (secondary N) is 1. The molecule has 0 aromatic rings. The van der Waals surface area contributed by atoms with Crippen molar-refractivity contribution >= 4 is 26.7 Å². The second kappa shape index (κ2) is 7.32. The molecule has 0 bridgehead atoms. The fraction of sp³-hybridized carbons (Fsp3) is 0.875. The van der Waals surface area contributed by atoms with Gasteiger partial charge in [0.1, 0.15) is 24.4 Å². The summed E-state index contributed by atoms with van der Waals surface area (Å²) >= 11 is 0. The van der Waals surface area contributed by atoms with E-state index in [0.29, 0.717) is 0 Å². The van der Waals surface area contributed by atoms with Crippen molar-refractivity contribution in [3.63, 3.8) is 0 Å². The third-order valence-electron chi connectivity index (χ3n) is 2.68. The number of aliphatic hydroxyl groups excluding tert-OH is 2. The molecule has 5 atom stereocenters. The van der Waals surface area contributed by atoms with E-state index in [4.69, 9.17) is 13.8 Å². The molecule has 136 valence electrons. The molecule has 0 unspecified atom stereocenters. The van der Waals surface area contributed by atoms with Crippen LogP contribution in [0.3, 0.4) is 0 Å². The van der Waals surface area contributed by atoms with Crippen molar-refractivity contribution in [1.82, 2.24) is 5.32 Å². The summed E-state index contributed by atoms with van der Waals surface area (Å²) in [6.45, 7) is -0.0223. The van der Waals surface area contributed by atoms with Crippen LogP contribution in [0.2, 0.25) is 0 Å². The lowest BCUT2D eigenvalue weighted by molar-refractivity contribution is -0.247. The molecule has 0 aromatic carbocycles. The van der Waals surface area contributed by atoms with Gasteiger partial charge in [-0.25, -0.2) is 8.37 Å². The normalized spacial score (nSPS) is 32.5. The highest BCUT2D eigenvalue weighted by atomic mass is 32.3. The van der Waals surface area contributed by atoms with E-state index < -0.39 is 64.0 Å². The van der Waals surface area contributed by atoms with E-state index in [1.165, 1.54) is 0 Å². The Labute approximate surface area is 131 Å². The zero-order valence-corrected chi connectivity index (χ0v) is 13.1. The highest BCUT2D eigenvalue weighted by molar-refractivity contribution is 7.81. The van der Waals surface area contributed by atoms with Gasteiger partial charge in [0.15, 0.2) is 6.29 Å². The monoisotopic (exact) mass is 381 g/mol. The van der Waals surface area contributed by atoms with Gasteiger partial charge in [0, 0.05) is 6.92 Å². The van der Waals surface area contributed by atoms with Gasteiger partial charge in [-0.3, -0.25) is 13.9 Å². The van der Waals surface area contributed by atoms with Gasteiger partial charge in [-0.2, -0.15) is 16.8 Å². The minimum atomic E-state index is -5.11. The molecule has 1 amide bonds. The van der Waals surface area contributed by atoms with E-state index in [-0.39, 0.29) is 0 Å². The molecule has 13 nitrogen and oxygen atoms in total. The van der Waals surface area contributed by atoms with Gasteiger partial charge in [-0.05, 0) is 0 Å². The maximum absolute atomic E-state index is 11.0. The summed E-state index contributed by atoms with van der Waals surface area (Å²) in [5, 5.41) is 21.7. The smallest absolute Gasteiger partial charge is 0.388 e. The number of amides is 1. The van der Waals surface area contributed by atoms with Crippen molar-refractivity contribution in [2.45, 2.75) is 37.6 Å². The molecular weight excluding hydrogens is 366 g/mol. The molecule has 15 heteroatoms. The molecule has 1 aliphatic rings. The first-order valence-electron chi connectivity index (χ1n) is 5.86. The summed E-state index contributed by atoms with van der Waals surface area (Å²) in [5.41, 5.74) is 0. The van der Waals surface area contributed by atoms with Crippen LogP contribution in [-0.4, -0.2) is 79.3 Å². The molecule has 1 rings (SSSR count). The Kier molecular flexibility index (Phi) is 6.41. The standard InChI is InChI=1S/C8H15NO12S2/c1-3(10)9-5-6(11)7(21-23(16,17)18)4(20-8(5)12)2-19-22(13,14)15/h4-8,11-12H,2H2,1H3,(H,9,10)(H,13,14,15)(H,16,17,18)/t4-,5+,6+,7+,8+/m0/s1. The van der Waals surface area contributed by atoms with Crippen molar-refractivity contribution in [2.24, 2.45) is 0 Å². The molecule has 1 heterocycles. The van der Waals surface area contributed by atoms with Gasteiger partial charge in [-0.15, -0.1) is 0 Å². The van der Waals surface area contributed by atoms with Gasteiger partial charge < -0.3 is 20.3 Å². The third kappa shape index (κ3) is 6.61. The van der Waals surface area contributed by atoms with E-state index >= 15 is 0 Å². The van der Waals surface area contributed by atoms with Crippen LogP contribution in [0.4, 0.5) is 0 Å². The first-order valence-corrected chi connectivity index (χ1v) is 8.59. The second-order valence-electron chi connectivity index (χ2n) is 4.48. The molecule has 0 aliphatic carbocycles. The van der Waals surface area contributed by atoms with Crippen molar-refractivity contribution in [1.29, 1.82) is 0 Å². The first-order chi connectivity index (χ1) is 10.3. The van der Waals surface area contributed by atoms with Gasteiger partial charge in [0.05, 0.1) is 6.61 Å². The molecule has 0 spiro atoms. The quantitative estimate of drug-likeness (QED) is 0.285. The Balaban J connectivity index is 3.01. The third-order valence-corrected chi connectivity index (χ3v) is 3.58. The highest BCUT2D eigenvalue weighted by Gasteiger charge is 2.48. The summed E-state index contributed by atoms with van der Waals surface area (Å²) in [7, 11) is -10.1. The molecule has 0 aromatic heterocycles. The average Bonchev–Trinajstić information content (AvgIpc) is 2.33. The summed E-state index contributed by atoms with van der Waals surface area (Å²) in [6, 6.07) is -1.54. The van der Waals surface area contributed by atoms with Crippen LogP contribution in [0, 0.1) is 0 Å². The van der Waals surface area contributed by atoms with E-state index in [1.54, 1.807) is 0 Å². The Hall–Kier alpha value is -0.910. The lowest BCUT2D eigenvalue weighted by Gasteiger charge is -2.41. The summed E-state index contributed by atoms with van der Waals surface area (Å²) in [4.78, 5) is 11.0. The van der Waals surface area contributed by atoms with Crippen LogP contribution in [-0.2, 0) is 38.7 Å². The van der Waals surface area contributed by atoms with E-state index in [9.17, 15) is 31.8 Å². The second-order valence-corrected chi connectivity index (χ2v) is 6.62. The average molecular weight is 381 g/mol. The van der Waals surface area contributed by atoms with Crippen molar-refractivity contribution in [3.05, 3.63) is 0 Å². The lowest BCUT2D eigenvalue weighted by Crippen LogP contribution is -2.65. The number of carbonyl (C=O) groups excluding carboxylic acids is 1. The number of carbonyl (C=O) groups is 1. The fourth-order valence-electron chi connectivity index (χ4n) is 1.87. The number of rotatable bonds is 6. The van der Waals surface area contributed by atoms with Crippen LogP contribution in [0.15, 0.2) is 0 Å². The minimum absolute atomic E-state index is 0.713. The molecule has 0 saturated carbocycles. The van der Waals surface area contributed by atoms with Crippen LogP contribution in [0.1, 0.15) is 6.92 Å². The Morgan fingerprint density at radius 1 is 1.17 bits per heavy atom. The number of aliphatic hydroxyl groups is 2. The van der Waals surface area contributed by atoms with Crippen molar-refractivity contribution in [3.8, 4) is 0 Å². The Bertz CT molecular complexity index is 629. The van der Waals surface area contributed by atoms with Crippen LogP contribution < -0.4 is 5.32 Å². The van der Waals surface area contributed by atoms with Gasteiger partial charge in [0.2, 0.25) is 5.91 Å². The van der Waals surface area contributed by atoms with Gasteiger partial charge >= 0.3 is 20.8 Å². The van der Waals surface area contributed by atoms with Gasteiger partial charge in [-0.1, -0.05) is 0 Å². The Morgan fingerprint density at radius 2 is 1.74 bits per heavy atom. The predicted molar refractivity (Wildman–Crippen MR) is 68.4 cm³/mol. The molecule has 5 N–H and O–H groups in total. The number of hydrogen-bond donors (Lipinski definition) is 5. The molecule has 1 aliphatic heterocycles. The zero-order valence-electron chi connectivity index (χ0n) is 11.5. The van der Waals surface area contributed by atoms with Crippen molar-refractivity contribution < 1.29 is 54.1 Å². The molecule has 1 fully saturated rings. The SMILES string of the molecule is CC(=O)N[C@@H]1[C@@H](O)[C@H](OS(=O)(=O)O)[C@H](COS(=O)(=O)O)O[C@H]1O. The molecular formula is C8H15NO12S2. The number of ether oxygens (including phenoxy) is 1. The maximum Gasteiger partial charge on any atom is 0.397 e. The molecule has 1 saturated heterocycles. The van der Waals surface area contributed by atoms with Crippen LogP contribution >= 0.6 is 0 Å². The maximum atomic E-state index is 11.0. The van der Waals surface area contributed by atoms with Crippen LogP contribution in [0.25, 0.3) is 0 Å². The van der Waals surface area contributed by atoms with E-state index in [0.717, 1.165) is 6.92 Å². The van der Waals surface area contributed by atoms with Crippen molar-refractivity contribution in [2.75, 3.05) is 6.61 Å². The number of hydrogen-bond acceptors (Lipinski definition) is 10. The van der Waals surface area contributed by atoms with E-state index in [2.05, 4.69) is 13.7 Å². The van der Waals surface area contributed by atoms with Gasteiger partial charge in [0.25, 0.3) is 0 Å². The molecule has 23 heavy (non-hydrogen) atoms. The minimum Gasteiger partial charge on any atom is -0.388 e. The van der Waals surface area contributed by atoms with E-state index in [1.807, 2.05) is 0 Å². The summed E-state index contributed by atoms with van der Waals surface area (Å²) < 4.78 is 72.8. The van der Waals surface area contributed by atoms with Crippen LogP contribution in [0.5, 0.6) is 0 Å². The topological polar surface area (TPSA) is 206 Å². The predicted octanol–water partition coefficient (Wildman–Crippen LogP) is -3.42. The molecule has 0 radical (unpaired) electrons. The Morgan fingerprint density at radius 3 is 2.17 bits per heavy atom. The summed E-state index contributed by atoms with van der Waals surface area (Å²) in [6.07, 6.45) is -7.49. The zero-order chi connectivity index (χ0) is 18.0. The first kappa shape index (κ1) is 20.1. The lowest BCUT2D eigenvalue weighted by atomic mass is 9.97. The largest absolute Gasteiger partial charge is 0.397 e.